The lowest BCUT2D eigenvalue weighted by Gasteiger charge is -2.33. The first-order valence-electron chi connectivity index (χ1n) is 6.90. The summed E-state index contributed by atoms with van der Waals surface area (Å²) in [5, 5.41) is 0. The summed E-state index contributed by atoms with van der Waals surface area (Å²) < 4.78 is 61.7. The van der Waals surface area contributed by atoms with Gasteiger partial charge in [-0.1, -0.05) is 0 Å². The number of halogens is 3. The fourth-order valence-corrected chi connectivity index (χ4v) is 3.51. The Morgan fingerprint density at radius 2 is 1.71 bits per heavy atom. The zero-order chi connectivity index (χ0) is 15.8. The van der Waals surface area contributed by atoms with Crippen molar-refractivity contribution in [3.05, 3.63) is 0 Å². The minimum atomic E-state index is -4.40. The van der Waals surface area contributed by atoms with Gasteiger partial charge in [0.25, 0.3) is 0 Å². The summed E-state index contributed by atoms with van der Waals surface area (Å²) in [5.41, 5.74) is 0. The summed E-state index contributed by atoms with van der Waals surface area (Å²) >= 11 is 0. The molecule has 5 nitrogen and oxygen atoms in total. The van der Waals surface area contributed by atoms with Crippen molar-refractivity contribution in [3.8, 4) is 0 Å². The number of amides is 1. The van der Waals surface area contributed by atoms with Gasteiger partial charge in [0.05, 0.1) is 6.26 Å². The Bertz CT molecular complexity index is 494. The van der Waals surface area contributed by atoms with Crippen LogP contribution >= 0.6 is 0 Å². The minimum Gasteiger partial charge on any atom is -0.330 e. The van der Waals surface area contributed by atoms with Crippen LogP contribution in [-0.4, -0.2) is 61.6 Å². The van der Waals surface area contributed by atoms with Crippen LogP contribution in [-0.2, 0) is 14.8 Å². The van der Waals surface area contributed by atoms with E-state index in [0.717, 1.165) is 11.2 Å². The third-order valence-corrected chi connectivity index (χ3v) is 5.20. The van der Waals surface area contributed by atoms with E-state index < -0.39 is 34.6 Å². The predicted octanol–water partition coefficient (Wildman–Crippen LogP) is 1.21. The van der Waals surface area contributed by atoms with Crippen molar-refractivity contribution in [3.63, 3.8) is 0 Å². The maximum absolute atomic E-state index is 12.6. The Balaban J connectivity index is 1.96. The molecule has 1 saturated heterocycles. The van der Waals surface area contributed by atoms with Gasteiger partial charge in [-0.2, -0.15) is 13.2 Å². The lowest BCUT2D eigenvalue weighted by atomic mass is 9.96. The number of hydrogen-bond acceptors (Lipinski definition) is 3. The highest BCUT2D eigenvalue weighted by molar-refractivity contribution is 7.88. The highest BCUT2D eigenvalue weighted by atomic mass is 32.2. The molecular weight excluding hydrogens is 309 g/mol. The molecule has 2 fully saturated rings. The smallest absolute Gasteiger partial charge is 0.330 e. The Morgan fingerprint density at radius 1 is 1.19 bits per heavy atom. The first kappa shape index (κ1) is 16.5. The highest BCUT2D eigenvalue weighted by Crippen LogP contribution is 2.33. The molecule has 0 atom stereocenters. The molecule has 0 aromatic carbocycles. The summed E-state index contributed by atoms with van der Waals surface area (Å²) in [4.78, 5) is 13.2. The van der Waals surface area contributed by atoms with Crippen LogP contribution in [0, 0.1) is 5.92 Å². The van der Waals surface area contributed by atoms with Crippen LogP contribution in [0.15, 0.2) is 0 Å². The molecule has 0 N–H and O–H groups in total. The van der Waals surface area contributed by atoms with Crippen molar-refractivity contribution in [2.45, 2.75) is 37.9 Å². The average Bonchev–Trinajstić information content (AvgIpc) is 3.17. The van der Waals surface area contributed by atoms with E-state index in [4.69, 9.17) is 0 Å². The van der Waals surface area contributed by atoms with Crippen LogP contribution in [0.25, 0.3) is 0 Å². The molecule has 0 aromatic heterocycles. The molecule has 1 heterocycles. The summed E-state index contributed by atoms with van der Waals surface area (Å²) in [6.45, 7) is -0.817. The molecular formula is C12H19F3N2O3S. The van der Waals surface area contributed by atoms with E-state index in [9.17, 15) is 26.4 Å². The second-order valence-electron chi connectivity index (χ2n) is 5.75. The fraction of sp³-hybridized carbons (Fsp3) is 0.917. The normalized spacial score (nSPS) is 22.3. The summed E-state index contributed by atoms with van der Waals surface area (Å²) in [5.74, 6) is -0.992. The monoisotopic (exact) mass is 328 g/mol. The van der Waals surface area contributed by atoms with Gasteiger partial charge in [0.15, 0.2) is 0 Å². The number of nitrogens with zero attached hydrogens (tertiary/aromatic N) is 2. The van der Waals surface area contributed by atoms with Crippen molar-refractivity contribution in [2.75, 3.05) is 25.9 Å². The Morgan fingerprint density at radius 3 is 2.10 bits per heavy atom. The third-order valence-electron chi connectivity index (χ3n) is 3.89. The Kier molecular flexibility index (Phi) is 4.53. The lowest BCUT2D eigenvalue weighted by Crippen LogP contribution is -2.47. The highest BCUT2D eigenvalue weighted by Gasteiger charge is 2.43. The van der Waals surface area contributed by atoms with Crippen LogP contribution < -0.4 is 0 Å². The molecule has 2 rings (SSSR count). The minimum absolute atomic E-state index is 0.194. The van der Waals surface area contributed by atoms with Crippen LogP contribution in [0.3, 0.4) is 0 Å². The standard InChI is InChI=1S/C12H19F3N2O3S/c1-21(19,20)16-6-4-9(5-7-16)11(18)17(10-2-3-10)8-12(13,14)15/h9-10H,2-8H2,1H3. The number of carbonyl (C=O) groups excluding carboxylic acids is 1. The molecule has 122 valence electrons. The fourth-order valence-electron chi connectivity index (χ4n) is 2.64. The van der Waals surface area contributed by atoms with Crippen LogP contribution in [0.1, 0.15) is 25.7 Å². The number of rotatable bonds is 4. The number of hydrogen-bond donors (Lipinski definition) is 0. The van der Waals surface area contributed by atoms with E-state index in [1.807, 2.05) is 0 Å². The number of sulfonamides is 1. The van der Waals surface area contributed by atoms with Gasteiger partial charge in [-0.05, 0) is 25.7 Å². The Hall–Kier alpha value is -0.830. The molecule has 0 bridgehead atoms. The molecule has 1 amide bonds. The molecule has 9 heteroatoms. The molecule has 0 unspecified atom stereocenters. The summed E-state index contributed by atoms with van der Waals surface area (Å²) in [7, 11) is -3.30. The number of piperidine rings is 1. The van der Waals surface area contributed by atoms with E-state index in [-0.39, 0.29) is 32.0 Å². The summed E-state index contributed by atoms with van der Waals surface area (Å²) in [6.07, 6.45) is -1.50. The first-order chi connectivity index (χ1) is 9.58. The van der Waals surface area contributed by atoms with E-state index in [1.54, 1.807) is 0 Å². The lowest BCUT2D eigenvalue weighted by molar-refractivity contribution is -0.165. The van der Waals surface area contributed by atoms with E-state index in [1.165, 1.54) is 4.31 Å². The van der Waals surface area contributed by atoms with Gasteiger partial charge in [-0.3, -0.25) is 4.79 Å². The van der Waals surface area contributed by atoms with Gasteiger partial charge >= 0.3 is 6.18 Å². The molecule has 0 spiro atoms. The molecule has 0 aromatic rings. The van der Waals surface area contributed by atoms with E-state index in [0.29, 0.717) is 12.8 Å². The number of alkyl halides is 3. The van der Waals surface area contributed by atoms with Gasteiger partial charge in [0.2, 0.25) is 15.9 Å². The van der Waals surface area contributed by atoms with Gasteiger partial charge in [-0.25, -0.2) is 12.7 Å². The third kappa shape index (κ3) is 4.57. The topological polar surface area (TPSA) is 57.7 Å². The van der Waals surface area contributed by atoms with Crippen molar-refractivity contribution in [2.24, 2.45) is 5.92 Å². The SMILES string of the molecule is CS(=O)(=O)N1CCC(C(=O)N(CC(F)(F)F)C2CC2)CC1. The molecule has 1 aliphatic carbocycles. The first-order valence-corrected chi connectivity index (χ1v) is 8.75. The van der Waals surface area contributed by atoms with Crippen molar-refractivity contribution in [1.82, 2.24) is 9.21 Å². The molecule has 2 aliphatic rings. The Labute approximate surface area is 122 Å². The molecule has 1 aliphatic heterocycles. The second-order valence-corrected chi connectivity index (χ2v) is 7.73. The predicted molar refractivity (Wildman–Crippen MR) is 69.9 cm³/mol. The number of carbonyl (C=O) groups is 1. The second kappa shape index (κ2) is 5.75. The zero-order valence-electron chi connectivity index (χ0n) is 11.8. The van der Waals surface area contributed by atoms with Crippen molar-refractivity contribution >= 4 is 15.9 Å². The van der Waals surface area contributed by atoms with Crippen LogP contribution in [0.4, 0.5) is 13.2 Å². The molecule has 21 heavy (non-hydrogen) atoms. The maximum Gasteiger partial charge on any atom is 0.406 e. The maximum atomic E-state index is 12.6. The zero-order valence-corrected chi connectivity index (χ0v) is 12.6. The molecule has 1 saturated carbocycles. The van der Waals surface area contributed by atoms with Crippen molar-refractivity contribution < 1.29 is 26.4 Å². The summed E-state index contributed by atoms with van der Waals surface area (Å²) in [6, 6.07) is -0.299. The van der Waals surface area contributed by atoms with E-state index in [2.05, 4.69) is 0 Å². The van der Waals surface area contributed by atoms with Gasteiger partial charge in [0.1, 0.15) is 6.54 Å². The quantitative estimate of drug-likeness (QED) is 0.779. The molecule has 0 radical (unpaired) electrons. The van der Waals surface area contributed by atoms with Crippen molar-refractivity contribution in [1.29, 1.82) is 0 Å². The van der Waals surface area contributed by atoms with Crippen LogP contribution in [0.2, 0.25) is 0 Å². The van der Waals surface area contributed by atoms with Crippen LogP contribution in [0.5, 0.6) is 0 Å². The van der Waals surface area contributed by atoms with Gasteiger partial charge < -0.3 is 4.90 Å². The van der Waals surface area contributed by atoms with Gasteiger partial charge in [-0.15, -0.1) is 0 Å². The largest absolute Gasteiger partial charge is 0.406 e. The average molecular weight is 328 g/mol. The van der Waals surface area contributed by atoms with Gasteiger partial charge in [0, 0.05) is 25.0 Å². The van der Waals surface area contributed by atoms with E-state index >= 15 is 0 Å².